The molecule has 0 saturated carbocycles. The average Bonchev–Trinajstić information content (AvgIpc) is 2.28. The molecule has 1 aromatic rings. The fourth-order valence-corrected chi connectivity index (χ4v) is 2.34. The predicted molar refractivity (Wildman–Crippen MR) is 60.7 cm³/mol. The van der Waals surface area contributed by atoms with Crippen molar-refractivity contribution in [3.05, 3.63) is 41.8 Å². The van der Waals surface area contributed by atoms with Crippen LogP contribution in [0.2, 0.25) is 0 Å². The summed E-state index contributed by atoms with van der Waals surface area (Å²) in [6, 6.07) is 4.16. The van der Waals surface area contributed by atoms with Crippen LogP contribution in [0.3, 0.4) is 0 Å². The highest BCUT2D eigenvalue weighted by molar-refractivity contribution is 5.38. The van der Waals surface area contributed by atoms with Crippen LogP contribution in [0.25, 0.3) is 0 Å². The molecule has 0 bridgehead atoms. The van der Waals surface area contributed by atoms with Gasteiger partial charge in [0.1, 0.15) is 0 Å². The fraction of sp³-hybridized carbons (Fsp3) is 0.462. The number of hydrogen-bond acceptors (Lipinski definition) is 1. The molecule has 1 heterocycles. The zero-order valence-corrected chi connectivity index (χ0v) is 9.48. The van der Waals surface area contributed by atoms with Gasteiger partial charge in [-0.1, -0.05) is 12.1 Å². The highest BCUT2D eigenvalue weighted by atomic mass is 19.4. The lowest BCUT2D eigenvalue weighted by atomic mass is 9.86. The molecule has 1 saturated heterocycles. The molecule has 0 aromatic heterocycles. The van der Waals surface area contributed by atoms with Crippen LogP contribution in [0.5, 0.6) is 0 Å². The molecular weight excluding hydrogens is 227 g/mol. The minimum atomic E-state index is -4.27. The summed E-state index contributed by atoms with van der Waals surface area (Å²) in [7, 11) is 0. The van der Waals surface area contributed by atoms with Gasteiger partial charge < -0.3 is 5.32 Å². The van der Waals surface area contributed by atoms with Gasteiger partial charge in [-0.2, -0.15) is 13.2 Å². The van der Waals surface area contributed by atoms with Crippen LogP contribution < -0.4 is 5.32 Å². The molecule has 4 heteroatoms. The van der Waals surface area contributed by atoms with Crippen molar-refractivity contribution in [3.8, 4) is 0 Å². The highest BCUT2D eigenvalue weighted by Gasteiger charge is 2.35. The van der Waals surface area contributed by atoms with E-state index in [9.17, 15) is 13.2 Å². The van der Waals surface area contributed by atoms with E-state index in [0.29, 0.717) is 11.1 Å². The second-order valence-corrected chi connectivity index (χ2v) is 4.44. The zero-order valence-electron chi connectivity index (χ0n) is 9.48. The summed E-state index contributed by atoms with van der Waals surface area (Å²) < 4.78 is 38.7. The second kappa shape index (κ2) is 4.69. The SMILES string of the molecule is [CH2]c1ccc(C(F)(F)F)c(C2CCNCC2)c1. The van der Waals surface area contributed by atoms with E-state index in [2.05, 4.69) is 12.2 Å². The van der Waals surface area contributed by atoms with Crippen LogP contribution in [-0.2, 0) is 6.18 Å². The molecule has 1 aliphatic heterocycles. The summed E-state index contributed by atoms with van der Waals surface area (Å²) in [4.78, 5) is 0. The Morgan fingerprint density at radius 3 is 2.41 bits per heavy atom. The number of halogens is 3. The van der Waals surface area contributed by atoms with Crippen LogP contribution in [0.1, 0.15) is 35.4 Å². The van der Waals surface area contributed by atoms with Gasteiger partial charge in [-0.15, -0.1) is 0 Å². The normalized spacial score (nSPS) is 18.4. The van der Waals surface area contributed by atoms with E-state index in [-0.39, 0.29) is 5.92 Å². The standard InChI is InChI=1S/C13H15F3N/c1-9-2-3-12(13(14,15)16)11(8-9)10-4-6-17-7-5-10/h2-3,8,10,17H,1,4-7H2. The molecule has 1 nitrogen and oxygen atoms in total. The number of rotatable bonds is 1. The predicted octanol–water partition coefficient (Wildman–Crippen LogP) is 3.35. The molecule has 17 heavy (non-hydrogen) atoms. The topological polar surface area (TPSA) is 12.0 Å². The van der Waals surface area contributed by atoms with E-state index >= 15 is 0 Å². The molecule has 1 aromatic carbocycles. The van der Waals surface area contributed by atoms with E-state index in [4.69, 9.17) is 0 Å². The van der Waals surface area contributed by atoms with Gasteiger partial charge in [0.05, 0.1) is 5.56 Å². The van der Waals surface area contributed by atoms with Crippen molar-refractivity contribution < 1.29 is 13.2 Å². The Morgan fingerprint density at radius 1 is 1.18 bits per heavy atom. The Morgan fingerprint density at radius 2 is 1.82 bits per heavy atom. The Balaban J connectivity index is 2.39. The minimum Gasteiger partial charge on any atom is -0.317 e. The lowest BCUT2D eigenvalue weighted by Gasteiger charge is -2.26. The third-order valence-corrected chi connectivity index (χ3v) is 3.20. The molecule has 1 aliphatic rings. The number of nitrogens with one attached hydrogen (secondary N) is 1. The summed E-state index contributed by atoms with van der Waals surface area (Å²) in [6.07, 6.45) is -2.76. The zero-order chi connectivity index (χ0) is 12.5. The van der Waals surface area contributed by atoms with Crippen molar-refractivity contribution in [2.24, 2.45) is 0 Å². The number of hydrogen-bond donors (Lipinski definition) is 1. The van der Waals surface area contributed by atoms with Crippen LogP contribution in [-0.4, -0.2) is 13.1 Å². The Kier molecular flexibility index (Phi) is 3.43. The summed E-state index contributed by atoms with van der Waals surface area (Å²) in [5.41, 5.74) is 0.551. The maximum Gasteiger partial charge on any atom is 0.416 e. The Hall–Kier alpha value is -1.03. The van der Waals surface area contributed by atoms with Crippen molar-refractivity contribution in [1.82, 2.24) is 5.32 Å². The lowest BCUT2D eigenvalue weighted by molar-refractivity contribution is -0.138. The number of alkyl halides is 3. The van der Waals surface area contributed by atoms with Gasteiger partial charge in [-0.3, -0.25) is 0 Å². The summed E-state index contributed by atoms with van der Waals surface area (Å²) in [5, 5.41) is 3.16. The lowest BCUT2D eigenvalue weighted by Crippen LogP contribution is -2.27. The summed E-state index contributed by atoms with van der Waals surface area (Å²) >= 11 is 0. The molecule has 2 rings (SSSR count). The molecule has 93 valence electrons. The maximum absolute atomic E-state index is 12.9. The van der Waals surface area contributed by atoms with Gasteiger partial charge in [0.25, 0.3) is 0 Å². The summed E-state index contributed by atoms with van der Waals surface area (Å²) in [5.74, 6) is -0.00502. The van der Waals surface area contributed by atoms with Crippen molar-refractivity contribution in [3.63, 3.8) is 0 Å². The first-order valence-electron chi connectivity index (χ1n) is 5.72. The first kappa shape index (κ1) is 12.4. The monoisotopic (exact) mass is 242 g/mol. The van der Waals surface area contributed by atoms with E-state index in [0.717, 1.165) is 32.0 Å². The van der Waals surface area contributed by atoms with Crippen LogP contribution >= 0.6 is 0 Å². The van der Waals surface area contributed by atoms with Crippen molar-refractivity contribution in [2.45, 2.75) is 24.9 Å². The molecular formula is C13H15F3N. The van der Waals surface area contributed by atoms with E-state index in [1.807, 2.05) is 0 Å². The maximum atomic E-state index is 12.9. The first-order valence-corrected chi connectivity index (χ1v) is 5.72. The first-order chi connectivity index (χ1) is 7.98. The molecule has 0 amide bonds. The van der Waals surface area contributed by atoms with E-state index in [1.165, 1.54) is 6.07 Å². The highest BCUT2D eigenvalue weighted by Crippen LogP contribution is 2.38. The van der Waals surface area contributed by atoms with Gasteiger partial charge in [-0.25, -0.2) is 0 Å². The fourth-order valence-electron chi connectivity index (χ4n) is 2.34. The number of benzene rings is 1. The van der Waals surface area contributed by atoms with Gasteiger partial charge in [0, 0.05) is 0 Å². The molecule has 0 spiro atoms. The third-order valence-electron chi connectivity index (χ3n) is 3.20. The van der Waals surface area contributed by atoms with Gasteiger partial charge in [0.15, 0.2) is 0 Å². The van der Waals surface area contributed by atoms with E-state index in [1.54, 1.807) is 6.07 Å². The largest absolute Gasteiger partial charge is 0.416 e. The van der Waals surface area contributed by atoms with Crippen molar-refractivity contribution in [1.29, 1.82) is 0 Å². The van der Waals surface area contributed by atoms with Crippen molar-refractivity contribution >= 4 is 0 Å². The third kappa shape index (κ3) is 2.80. The van der Waals surface area contributed by atoms with Crippen LogP contribution in [0.15, 0.2) is 18.2 Å². The minimum absolute atomic E-state index is 0.00502. The molecule has 1 radical (unpaired) electrons. The number of piperidine rings is 1. The second-order valence-electron chi connectivity index (χ2n) is 4.44. The van der Waals surface area contributed by atoms with Gasteiger partial charge in [0.2, 0.25) is 0 Å². The van der Waals surface area contributed by atoms with Gasteiger partial charge >= 0.3 is 6.18 Å². The van der Waals surface area contributed by atoms with E-state index < -0.39 is 11.7 Å². The molecule has 1 fully saturated rings. The Bertz CT molecular complexity index is 392. The molecule has 0 aliphatic carbocycles. The van der Waals surface area contributed by atoms with Crippen LogP contribution in [0, 0.1) is 6.92 Å². The molecule has 0 unspecified atom stereocenters. The van der Waals surface area contributed by atoms with Crippen molar-refractivity contribution in [2.75, 3.05) is 13.1 Å². The average molecular weight is 242 g/mol. The molecule has 1 N–H and O–H groups in total. The molecule has 0 atom stereocenters. The smallest absolute Gasteiger partial charge is 0.317 e. The van der Waals surface area contributed by atoms with Gasteiger partial charge in [-0.05, 0) is 56.0 Å². The Labute approximate surface area is 99.0 Å². The van der Waals surface area contributed by atoms with Crippen LogP contribution in [0.4, 0.5) is 13.2 Å². The summed E-state index contributed by atoms with van der Waals surface area (Å²) in [6.45, 7) is 5.28. The quantitative estimate of drug-likeness (QED) is 0.796.